The van der Waals surface area contributed by atoms with Gasteiger partial charge in [0.1, 0.15) is 5.75 Å². The summed E-state index contributed by atoms with van der Waals surface area (Å²) in [4.78, 5) is 13.9. The van der Waals surface area contributed by atoms with Crippen LogP contribution >= 0.6 is 0 Å². The van der Waals surface area contributed by atoms with Crippen LogP contribution in [0.25, 0.3) is 0 Å². The Labute approximate surface area is 109 Å². The molecule has 1 aromatic carbocycles. The first-order valence-electron chi connectivity index (χ1n) is 5.93. The Hall–Kier alpha value is -1.71. The van der Waals surface area contributed by atoms with E-state index in [0.29, 0.717) is 23.5 Å². The molecule has 0 fully saturated rings. The van der Waals surface area contributed by atoms with E-state index in [2.05, 4.69) is 20.8 Å². The highest BCUT2D eigenvalue weighted by atomic mass is 16.5. The van der Waals surface area contributed by atoms with Crippen molar-refractivity contribution < 1.29 is 9.53 Å². The van der Waals surface area contributed by atoms with E-state index in [-0.39, 0.29) is 11.3 Å². The fraction of sp³-hybridized carbons (Fsp3) is 0.500. The second kappa shape index (κ2) is 5.29. The van der Waals surface area contributed by atoms with Crippen molar-refractivity contribution in [3.8, 4) is 5.75 Å². The molecule has 4 heteroatoms. The van der Waals surface area contributed by atoms with Crippen molar-refractivity contribution in [2.75, 3.05) is 26.4 Å². The molecule has 0 radical (unpaired) electrons. The Morgan fingerprint density at radius 3 is 2.44 bits per heavy atom. The van der Waals surface area contributed by atoms with Crippen LogP contribution in [0.3, 0.4) is 0 Å². The molecule has 0 bridgehead atoms. The highest BCUT2D eigenvalue weighted by Crippen LogP contribution is 2.22. The monoisotopic (exact) mass is 250 g/mol. The molecule has 0 saturated carbocycles. The molecule has 1 aromatic rings. The number of hydrogen-bond donors (Lipinski definition) is 1. The molecule has 0 saturated heterocycles. The first-order chi connectivity index (χ1) is 8.24. The van der Waals surface area contributed by atoms with Crippen molar-refractivity contribution in [3.05, 3.63) is 23.8 Å². The maximum absolute atomic E-state index is 12.2. The minimum absolute atomic E-state index is 0.0612. The molecule has 0 heterocycles. The number of hydrogen-bond acceptors (Lipinski definition) is 3. The van der Waals surface area contributed by atoms with E-state index in [0.717, 1.165) is 0 Å². The van der Waals surface area contributed by atoms with Crippen LogP contribution in [0.15, 0.2) is 18.2 Å². The third-order valence-electron chi connectivity index (χ3n) is 2.55. The Balaban J connectivity index is 2.90. The van der Waals surface area contributed by atoms with Gasteiger partial charge in [0.25, 0.3) is 5.91 Å². The third kappa shape index (κ3) is 3.65. The quantitative estimate of drug-likeness (QED) is 0.838. The average Bonchev–Trinajstić information content (AvgIpc) is 2.25. The zero-order valence-electron chi connectivity index (χ0n) is 11.8. The Morgan fingerprint density at radius 1 is 1.39 bits per heavy atom. The summed E-state index contributed by atoms with van der Waals surface area (Å²) in [6, 6.07) is 5.11. The van der Waals surface area contributed by atoms with E-state index >= 15 is 0 Å². The molecule has 1 rings (SSSR count). The third-order valence-corrected chi connectivity index (χ3v) is 2.55. The number of carbonyl (C=O) groups excluding carboxylic acids is 1. The molecule has 0 atom stereocenters. The van der Waals surface area contributed by atoms with Gasteiger partial charge in [0.2, 0.25) is 0 Å². The maximum atomic E-state index is 12.2. The van der Waals surface area contributed by atoms with Crippen LogP contribution in [0.5, 0.6) is 5.75 Å². The summed E-state index contributed by atoms with van der Waals surface area (Å²) in [6.45, 7) is 6.95. The molecule has 0 spiro atoms. The summed E-state index contributed by atoms with van der Waals surface area (Å²) in [6.07, 6.45) is 0. The topological polar surface area (TPSA) is 55.6 Å². The minimum Gasteiger partial charge on any atom is -0.497 e. The Morgan fingerprint density at radius 2 is 2.00 bits per heavy atom. The van der Waals surface area contributed by atoms with E-state index < -0.39 is 0 Å². The predicted octanol–water partition coefficient (Wildman–Crippen LogP) is 2.40. The van der Waals surface area contributed by atoms with Gasteiger partial charge in [-0.3, -0.25) is 4.79 Å². The summed E-state index contributed by atoms with van der Waals surface area (Å²) in [5.41, 5.74) is 6.89. The number of nitrogen functional groups attached to an aromatic ring is 1. The van der Waals surface area contributed by atoms with Gasteiger partial charge < -0.3 is 15.4 Å². The number of nitrogens with two attached hydrogens (primary N) is 1. The van der Waals surface area contributed by atoms with E-state index in [1.807, 2.05) is 0 Å². The SMILES string of the molecule is COc1ccc(C(=O)N(C)CC(C)(C)C)c(N)c1. The van der Waals surface area contributed by atoms with Crippen LogP contribution in [0.1, 0.15) is 31.1 Å². The second-order valence-corrected chi connectivity index (χ2v) is 5.68. The highest BCUT2D eigenvalue weighted by molar-refractivity contribution is 5.99. The molecule has 0 aliphatic carbocycles. The molecule has 0 aliphatic rings. The lowest BCUT2D eigenvalue weighted by atomic mass is 9.96. The van der Waals surface area contributed by atoms with Gasteiger partial charge in [0.05, 0.1) is 12.7 Å². The fourth-order valence-electron chi connectivity index (χ4n) is 1.85. The maximum Gasteiger partial charge on any atom is 0.255 e. The van der Waals surface area contributed by atoms with Crippen LogP contribution in [0.4, 0.5) is 5.69 Å². The number of benzene rings is 1. The van der Waals surface area contributed by atoms with Crippen LogP contribution in [0, 0.1) is 5.41 Å². The summed E-state index contributed by atoms with van der Waals surface area (Å²) in [5, 5.41) is 0. The van der Waals surface area contributed by atoms with Gasteiger partial charge in [-0.25, -0.2) is 0 Å². The van der Waals surface area contributed by atoms with Crippen LogP contribution < -0.4 is 10.5 Å². The summed E-state index contributed by atoms with van der Waals surface area (Å²) in [7, 11) is 3.36. The van der Waals surface area contributed by atoms with Crippen molar-refractivity contribution in [2.45, 2.75) is 20.8 Å². The smallest absolute Gasteiger partial charge is 0.255 e. The normalized spacial score (nSPS) is 11.2. The molecule has 4 nitrogen and oxygen atoms in total. The Bertz CT molecular complexity index is 436. The molecule has 100 valence electrons. The summed E-state index contributed by atoms with van der Waals surface area (Å²) >= 11 is 0. The van der Waals surface area contributed by atoms with Gasteiger partial charge in [-0.15, -0.1) is 0 Å². The molecule has 0 aliphatic heterocycles. The molecule has 1 amide bonds. The minimum atomic E-state index is -0.0647. The molecular formula is C14H22N2O2. The predicted molar refractivity (Wildman–Crippen MR) is 73.8 cm³/mol. The molecular weight excluding hydrogens is 228 g/mol. The lowest BCUT2D eigenvalue weighted by Crippen LogP contribution is -2.34. The fourth-order valence-corrected chi connectivity index (χ4v) is 1.85. The number of amides is 1. The first kappa shape index (κ1) is 14.4. The van der Waals surface area contributed by atoms with Crippen molar-refractivity contribution >= 4 is 11.6 Å². The number of anilines is 1. The second-order valence-electron chi connectivity index (χ2n) is 5.68. The van der Waals surface area contributed by atoms with Gasteiger partial charge in [-0.05, 0) is 17.5 Å². The van der Waals surface area contributed by atoms with Crippen molar-refractivity contribution in [1.29, 1.82) is 0 Å². The van der Waals surface area contributed by atoms with Gasteiger partial charge in [0.15, 0.2) is 0 Å². The number of methoxy groups -OCH3 is 1. The van der Waals surface area contributed by atoms with E-state index in [1.54, 1.807) is 37.3 Å². The largest absolute Gasteiger partial charge is 0.497 e. The zero-order chi connectivity index (χ0) is 13.9. The van der Waals surface area contributed by atoms with Gasteiger partial charge in [-0.2, -0.15) is 0 Å². The molecule has 2 N–H and O–H groups in total. The van der Waals surface area contributed by atoms with Crippen LogP contribution in [-0.2, 0) is 0 Å². The number of ether oxygens (including phenoxy) is 1. The van der Waals surface area contributed by atoms with Crippen molar-refractivity contribution in [2.24, 2.45) is 5.41 Å². The lowest BCUT2D eigenvalue weighted by Gasteiger charge is -2.27. The van der Waals surface area contributed by atoms with E-state index in [1.165, 1.54) is 0 Å². The van der Waals surface area contributed by atoms with Gasteiger partial charge >= 0.3 is 0 Å². The van der Waals surface area contributed by atoms with Crippen molar-refractivity contribution in [1.82, 2.24) is 4.90 Å². The standard InChI is InChI=1S/C14H22N2O2/c1-14(2,3)9-16(4)13(17)11-7-6-10(18-5)8-12(11)15/h6-8H,9,15H2,1-5H3. The van der Waals surface area contributed by atoms with Gasteiger partial charge in [-0.1, -0.05) is 20.8 Å². The summed E-state index contributed by atoms with van der Waals surface area (Å²) < 4.78 is 5.07. The molecule has 18 heavy (non-hydrogen) atoms. The van der Waals surface area contributed by atoms with Crippen LogP contribution in [-0.4, -0.2) is 31.5 Å². The van der Waals surface area contributed by atoms with E-state index in [9.17, 15) is 4.79 Å². The average molecular weight is 250 g/mol. The number of nitrogens with zero attached hydrogens (tertiary/aromatic N) is 1. The first-order valence-corrected chi connectivity index (χ1v) is 5.93. The Kier molecular flexibility index (Phi) is 4.22. The molecule has 0 aromatic heterocycles. The zero-order valence-corrected chi connectivity index (χ0v) is 11.8. The summed E-state index contributed by atoms with van der Waals surface area (Å²) in [5.74, 6) is 0.590. The van der Waals surface area contributed by atoms with Crippen LogP contribution in [0.2, 0.25) is 0 Å². The highest BCUT2D eigenvalue weighted by Gasteiger charge is 2.20. The lowest BCUT2D eigenvalue weighted by molar-refractivity contribution is 0.0746. The number of carbonyl (C=O) groups is 1. The van der Waals surface area contributed by atoms with E-state index in [4.69, 9.17) is 10.5 Å². The van der Waals surface area contributed by atoms with Crippen molar-refractivity contribution in [3.63, 3.8) is 0 Å². The van der Waals surface area contributed by atoms with Gasteiger partial charge in [0, 0.05) is 25.3 Å². The number of rotatable bonds is 3. The molecule has 0 unspecified atom stereocenters.